The van der Waals surface area contributed by atoms with Gasteiger partial charge in [-0.3, -0.25) is 0 Å². The molecule has 0 saturated carbocycles. The lowest BCUT2D eigenvalue weighted by Crippen LogP contribution is -2.47. The Morgan fingerprint density at radius 3 is 2.30 bits per heavy atom. The van der Waals surface area contributed by atoms with Gasteiger partial charge in [-0.15, -0.1) is 0 Å². The van der Waals surface area contributed by atoms with Gasteiger partial charge in [0.1, 0.15) is 0 Å². The number of benzene rings is 5. The molecule has 0 radical (unpaired) electrons. The molecule has 2 amide bonds. The topological polar surface area (TPSA) is 44.4 Å². The summed E-state index contributed by atoms with van der Waals surface area (Å²) in [4.78, 5) is 15.0. The number of anilines is 2. The van der Waals surface area contributed by atoms with Gasteiger partial charge in [0.25, 0.3) is 0 Å². The lowest BCUT2D eigenvalue weighted by atomic mass is 9.74. The van der Waals surface area contributed by atoms with Crippen LogP contribution in [0, 0.1) is 6.92 Å². The summed E-state index contributed by atoms with van der Waals surface area (Å²) in [6, 6.07) is 38.8. The largest absolute Gasteiger partial charge is 0.384 e. The van der Waals surface area contributed by atoms with E-state index >= 15 is 0 Å². The zero-order valence-electron chi connectivity index (χ0n) is 22.8. The van der Waals surface area contributed by atoms with Crippen molar-refractivity contribution in [3.05, 3.63) is 120 Å². The summed E-state index contributed by atoms with van der Waals surface area (Å²) in [6.07, 6.45) is 1.91. The Bertz CT molecular complexity index is 1710. The van der Waals surface area contributed by atoms with Crippen LogP contribution in [0.2, 0.25) is 0 Å². The number of fused-ring (bicyclic) bond motifs is 3. The molecule has 0 aromatic heterocycles. The van der Waals surface area contributed by atoms with Gasteiger partial charge < -0.3 is 15.5 Å². The highest BCUT2D eigenvalue weighted by molar-refractivity contribution is 5.97. The molecule has 5 aromatic rings. The van der Waals surface area contributed by atoms with Crippen LogP contribution in [0.3, 0.4) is 0 Å². The van der Waals surface area contributed by atoms with E-state index in [1.54, 1.807) is 0 Å². The van der Waals surface area contributed by atoms with E-state index in [1.165, 1.54) is 44.3 Å². The molecule has 4 heteroatoms. The van der Waals surface area contributed by atoms with E-state index in [0.717, 1.165) is 43.7 Å². The standard InChI is InChI=1S/C36H33N3O/c1-25-7-2-5-12-33(25)38-35(40)39-21-19-36(20-22-39)24-37-34-18-17-29(23-32(34)36)26-13-15-28(16-14-26)31-11-6-9-27-8-3-4-10-30(27)31/h2-18,23,37H,19-22,24H2,1H3,(H,38,40). The third kappa shape index (κ3) is 4.30. The molecule has 1 fully saturated rings. The Hall–Kier alpha value is -4.57. The molecule has 2 N–H and O–H groups in total. The number of para-hydroxylation sites is 1. The molecule has 198 valence electrons. The molecule has 1 saturated heterocycles. The summed E-state index contributed by atoms with van der Waals surface area (Å²) < 4.78 is 0. The van der Waals surface area contributed by atoms with Crippen LogP contribution in [0.4, 0.5) is 16.2 Å². The van der Waals surface area contributed by atoms with E-state index in [1.807, 2.05) is 36.1 Å². The van der Waals surface area contributed by atoms with Crippen LogP contribution in [0.15, 0.2) is 109 Å². The normalized spacial score (nSPS) is 15.6. The maximum atomic E-state index is 13.0. The van der Waals surface area contributed by atoms with Crippen molar-refractivity contribution in [2.24, 2.45) is 0 Å². The van der Waals surface area contributed by atoms with Gasteiger partial charge >= 0.3 is 6.03 Å². The predicted octanol–water partition coefficient (Wildman–Crippen LogP) is 8.47. The molecule has 2 aliphatic heterocycles. The Labute approximate surface area is 235 Å². The molecular formula is C36H33N3O. The van der Waals surface area contributed by atoms with Crippen molar-refractivity contribution in [1.82, 2.24) is 4.90 Å². The minimum atomic E-state index is -0.00429. The molecule has 5 aromatic carbocycles. The number of piperidine rings is 1. The number of nitrogens with one attached hydrogen (secondary N) is 2. The van der Waals surface area contributed by atoms with Crippen LogP contribution >= 0.6 is 0 Å². The maximum absolute atomic E-state index is 13.0. The first-order chi connectivity index (χ1) is 19.6. The van der Waals surface area contributed by atoms with Crippen LogP contribution in [-0.2, 0) is 5.41 Å². The molecule has 2 heterocycles. The first kappa shape index (κ1) is 24.5. The highest BCUT2D eigenvalue weighted by atomic mass is 16.2. The predicted molar refractivity (Wildman–Crippen MR) is 166 cm³/mol. The van der Waals surface area contributed by atoms with E-state index < -0.39 is 0 Å². The number of rotatable bonds is 3. The van der Waals surface area contributed by atoms with E-state index in [2.05, 4.69) is 95.6 Å². The van der Waals surface area contributed by atoms with E-state index in [0.29, 0.717) is 0 Å². The Morgan fingerprint density at radius 1 is 0.775 bits per heavy atom. The van der Waals surface area contributed by atoms with Crippen molar-refractivity contribution in [2.75, 3.05) is 30.3 Å². The third-order valence-electron chi connectivity index (χ3n) is 8.92. The minimum absolute atomic E-state index is 0.00429. The van der Waals surface area contributed by atoms with Crippen LogP contribution in [0.1, 0.15) is 24.0 Å². The zero-order chi connectivity index (χ0) is 27.1. The summed E-state index contributed by atoms with van der Waals surface area (Å²) >= 11 is 0. The van der Waals surface area contributed by atoms with Gasteiger partial charge in [0, 0.05) is 36.4 Å². The fourth-order valence-electron chi connectivity index (χ4n) is 6.49. The number of hydrogen-bond donors (Lipinski definition) is 2. The van der Waals surface area contributed by atoms with Gasteiger partial charge in [-0.05, 0) is 82.1 Å². The van der Waals surface area contributed by atoms with Gasteiger partial charge in [-0.25, -0.2) is 4.79 Å². The van der Waals surface area contributed by atoms with Gasteiger partial charge in [-0.1, -0.05) is 91.0 Å². The van der Waals surface area contributed by atoms with E-state index in [9.17, 15) is 4.79 Å². The first-order valence-electron chi connectivity index (χ1n) is 14.2. The number of likely N-dealkylation sites (tertiary alicyclic amines) is 1. The van der Waals surface area contributed by atoms with Crippen molar-refractivity contribution in [1.29, 1.82) is 0 Å². The average molecular weight is 524 g/mol. The van der Waals surface area contributed by atoms with E-state index in [4.69, 9.17) is 0 Å². The molecule has 0 bridgehead atoms. The lowest BCUT2D eigenvalue weighted by molar-refractivity contribution is 0.174. The van der Waals surface area contributed by atoms with Crippen molar-refractivity contribution in [3.63, 3.8) is 0 Å². The highest BCUT2D eigenvalue weighted by Gasteiger charge is 2.42. The molecule has 40 heavy (non-hydrogen) atoms. The van der Waals surface area contributed by atoms with Gasteiger partial charge in [0.05, 0.1) is 0 Å². The first-order valence-corrected chi connectivity index (χ1v) is 14.2. The Kier molecular flexibility index (Phi) is 6.04. The number of hydrogen-bond acceptors (Lipinski definition) is 2. The Balaban J connectivity index is 1.10. The van der Waals surface area contributed by atoms with Gasteiger partial charge in [0.15, 0.2) is 0 Å². The lowest BCUT2D eigenvalue weighted by Gasteiger charge is -2.39. The van der Waals surface area contributed by atoms with Gasteiger partial charge in [-0.2, -0.15) is 0 Å². The fraction of sp³-hybridized carbons (Fsp3) is 0.194. The molecule has 0 unspecified atom stereocenters. The molecule has 0 atom stereocenters. The van der Waals surface area contributed by atoms with Crippen LogP contribution in [0.25, 0.3) is 33.0 Å². The molecule has 0 aliphatic carbocycles. The maximum Gasteiger partial charge on any atom is 0.321 e. The number of aryl methyl sites for hydroxylation is 1. The number of carbonyl (C=O) groups excluding carboxylic acids is 1. The second-order valence-corrected chi connectivity index (χ2v) is 11.2. The summed E-state index contributed by atoms with van der Waals surface area (Å²) in [5, 5.41) is 9.31. The zero-order valence-corrected chi connectivity index (χ0v) is 22.8. The van der Waals surface area contributed by atoms with Crippen LogP contribution in [-0.4, -0.2) is 30.6 Å². The molecule has 2 aliphatic rings. The third-order valence-corrected chi connectivity index (χ3v) is 8.92. The number of urea groups is 1. The number of carbonyl (C=O) groups is 1. The van der Waals surface area contributed by atoms with Gasteiger partial charge in [0.2, 0.25) is 0 Å². The fourth-order valence-corrected chi connectivity index (χ4v) is 6.49. The molecule has 1 spiro atoms. The second-order valence-electron chi connectivity index (χ2n) is 11.2. The summed E-state index contributed by atoms with van der Waals surface area (Å²) in [6.45, 7) is 4.46. The average Bonchev–Trinajstić information content (AvgIpc) is 3.35. The Morgan fingerprint density at radius 2 is 1.48 bits per heavy atom. The SMILES string of the molecule is Cc1ccccc1NC(=O)N1CCC2(CC1)CNc1ccc(-c3ccc(-c4cccc5ccccc45)cc3)cc12. The van der Waals surface area contributed by atoms with Crippen molar-refractivity contribution in [2.45, 2.75) is 25.2 Å². The monoisotopic (exact) mass is 523 g/mol. The summed E-state index contributed by atoms with van der Waals surface area (Å²) in [7, 11) is 0. The summed E-state index contributed by atoms with van der Waals surface area (Å²) in [5.74, 6) is 0. The number of nitrogens with zero attached hydrogens (tertiary/aromatic N) is 1. The van der Waals surface area contributed by atoms with E-state index in [-0.39, 0.29) is 11.4 Å². The second kappa shape index (κ2) is 9.87. The molecular weight excluding hydrogens is 490 g/mol. The highest BCUT2D eigenvalue weighted by Crippen LogP contribution is 2.45. The smallest absolute Gasteiger partial charge is 0.321 e. The summed E-state index contributed by atoms with van der Waals surface area (Å²) in [5.41, 5.74) is 9.61. The molecule has 4 nitrogen and oxygen atoms in total. The van der Waals surface area contributed by atoms with Crippen LogP contribution in [0.5, 0.6) is 0 Å². The van der Waals surface area contributed by atoms with Crippen molar-refractivity contribution in [3.8, 4) is 22.3 Å². The number of amides is 2. The van der Waals surface area contributed by atoms with Crippen molar-refractivity contribution >= 4 is 28.2 Å². The minimum Gasteiger partial charge on any atom is -0.384 e. The van der Waals surface area contributed by atoms with Crippen molar-refractivity contribution < 1.29 is 4.79 Å². The molecule has 7 rings (SSSR count). The van der Waals surface area contributed by atoms with Crippen LogP contribution < -0.4 is 10.6 Å². The quantitative estimate of drug-likeness (QED) is 0.249.